The molecular weight excluding hydrogens is 348 g/mol. The van der Waals surface area contributed by atoms with Crippen LogP contribution in [0.5, 0.6) is 0 Å². The molecule has 2 aromatic rings. The Morgan fingerprint density at radius 3 is 2.38 bits per heavy atom. The number of nitrogens with one attached hydrogen (secondary N) is 1. The van der Waals surface area contributed by atoms with E-state index in [0.717, 1.165) is 11.1 Å². The summed E-state index contributed by atoms with van der Waals surface area (Å²) < 4.78 is 0. The van der Waals surface area contributed by atoms with Gasteiger partial charge in [-0.05, 0) is 30.2 Å². The zero-order chi connectivity index (χ0) is 18.9. The Labute approximate surface area is 159 Å². The lowest BCUT2D eigenvalue weighted by atomic mass is 10.1. The lowest BCUT2D eigenvalue weighted by Gasteiger charge is -2.29. The molecule has 0 saturated heterocycles. The van der Waals surface area contributed by atoms with Gasteiger partial charge in [-0.15, -0.1) is 6.58 Å². The minimum atomic E-state index is -0.596. The van der Waals surface area contributed by atoms with Gasteiger partial charge in [-0.2, -0.15) is 0 Å². The standard InChI is InChI=1S/C21H23ClN2O2/c1-3-13-23-21(26)16(2)24(15-18-9-11-19(22)12-10-18)20(25)14-17-7-5-4-6-8-17/h3-12,16H,1,13-15H2,2H3,(H,23,26)/t16-/m0/s1. The molecule has 1 atom stereocenters. The van der Waals surface area contributed by atoms with Crippen LogP contribution in [0.15, 0.2) is 67.3 Å². The van der Waals surface area contributed by atoms with Crippen molar-refractivity contribution >= 4 is 23.4 Å². The smallest absolute Gasteiger partial charge is 0.242 e. The number of carbonyl (C=O) groups excluding carboxylic acids is 2. The van der Waals surface area contributed by atoms with E-state index < -0.39 is 6.04 Å². The minimum absolute atomic E-state index is 0.104. The van der Waals surface area contributed by atoms with Crippen molar-refractivity contribution < 1.29 is 9.59 Å². The van der Waals surface area contributed by atoms with Crippen LogP contribution in [0.1, 0.15) is 18.1 Å². The number of amides is 2. The van der Waals surface area contributed by atoms with Crippen LogP contribution in [-0.4, -0.2) is 29.3 Å². The van der Waals surface area contributed by atoms with Crippen LogP contribution < -0.4 is 5.32 Å². The van der Waals surface area contributed by atoms with Gasteiger partial charge in [-0.3, -0.25) is 9.59 Å². The van der Waals surface area contributed by atoms with Crippen LogP contribution in [0, 0.1) is 0 Å². The van der Waals surface area contributed by atoms with Gasteiger partial charge in [0.1, 0.15) is 6.04 Å². The molecule has 2 aromatic carbocycles. The van der Waals surface area contributed by atoms with Crippen molar-refractivity contribution in [1.82, 2.24) is 10.2 Å². The first-order valence-electron chi connectivity index (χ1n) is 8.47. The van der Waals surface area contributed by atoms with Crippen molar-refractivity contribution in [3.8, 4) is 0 Å². The number of halogens is 1. The fraction of sp³-hybridized carbons (Fsp3) is 0.238. The van der Waals surface area contributed by atoms with E-state index in [1.807, 2.05) is 42.5 Å². The summed E-state index contributed by atoms with van der Waals surface area (Å²) >= 11 is 5.93. The maximum atomic E-state index is 12.9. The van der Waals surface area contributed by atoms with Crippen molar-refractivity contribution in [3.05, 3.63) is 83.4 Å². The van der Waals surface area contributed by atoms with Crippen molar-refractivity contribution in [1.29, 1.82) is 0 Å². The average Bonchev–Trinajstić information content (AvgIpc) is 2.65. The van der Waals surface area contributed by atoms with E-state index in [2.05, 4.69) is 11.9 Å². The summed E-state index contributed by atoms with van der Waals surface area (Å²) in [5.74, 6) is -0.312. The first kappa shape index (κ1) is 19.7. The third-order valence-electron chi connectivity index (χ3n) is 4.05. The zero-order valence-corrected chi connectivity index (χ0v) is 15.6. The van der Waals surface area contributed by atoms with E-state index in [4.69, 9.17) is 11.6 Å². The molecule has 136 valence electrons. The van der Waals surface area contributed by atoms with Crippen LogP contribution in [0.3, 0.4) is 0 Å². The fourth-order valence-electron chi connectivity index (χ4n) is 2.56. The first-order chi connectivity index (χ1) is 12.5. The quantitative estimate of drug-likeness (QED) is 0.722. The molecule has 4 nitrogen and oxygen atoms in total. The Hall–Kier alpha value is -2.59. The van der Waals surface area contributed by atoms with Crippen molar-refractivity contribution in [2.75, 3.05) is 6.54 Å². The molecule has 1 N–H and O–H groups in total. The molecular formula is C21H23ClN2O2. The molecule has 0 heterocycles. The maximum absolute atomic E-state index is 12.9. The zero-order valence-electron chi connectivity index (χ0n) is 14.8. The van der Waals surface area contributed by atoms with E-state index in [1.54, 1.807) is 30.0 Å². The van der Waals surface area contributed by atoms with Crippen LogP contribution >= 0.6 is 11.6 Å². The van der Waals surface area contributed by atoms with E-state index in [0.29, 0.717) is 18.1 Å². The van der Waals surface area contributed by atoms with Crippen molar-refractivity contribution in [2.24, 2.45) is 0 Å². The Balaban J connectivity index is 2.18. The topological polar surface area (TPSA) is 49.4 Å². The van der Waals surface area contributed by atoms with E-state index in [1.165, 1.54) is 0 Å². The summed E-state index contributed by atoms with van der Waals surface area (Å²) in [4.78, 5) is 26.9. The maximum Gasteiger partial charge on any atom is 0.242 e. The summed E-state index contributed by atoms with van der Waals surface area (Å²) in [6.45, 7) is 6.03. The van der Waals surface area contributed by atoms with Gasteiger partial charge >= 0.3 is 0 Å². The second-order valence-electron chi connectivity index (χ2n) is 6.02. The van der Waals surface area contributed by atoms with E-state index in [9.17, 15) is 9.59 Å². The summed E-state index contributed by atoms with van der Waals surface area (Å²) in [5.41, 5.74) is 1.83. The minimum Gasteiger partial charge on any atom is -0.351 e. The number of benzene rings is 2. The van der Waals surface area contributed by atoms with Crippen LogP contribution in [0.25, 0.3) is 0 Å². The second-order valence-corrected chi connectivity index (χ2v) is 6.46. The van der Waals surface area contributed by atoms with Crippen LogP contribution in [0.2, 0.25) is 5.02 Å². The number of rotatable bonds is 8. The van der Waals surface area contributed by atoms with Gasteiger partial charge in [0.15, 0.2) is 0 Å². The molecule has 5 heteroatoms. The highest BCUT2D eigenvalue weighted by molar-refractivity contribution is 6.30. The highest BCUT2D eigenvalue weighted by Gasteiger charge is 2.25. The molecule has 0 bridgehead atoms. The molecule has 26 heavy (non-hydrogen) atoms. The third kappa shape index (κ3) is 5.74. The monoisotopic (exact) mass is 370 g/mol. The van der Waals surface area contributed by atoms with E-state index >= 15 is 0 Å². The molecule has 0 aliphatic rings. The molecule has 0 saturated carbocycles. The van der Waals surface area contributed by atoms with Gasteiger partial charge in [-0.1, -0.05) is 60.1 Å². The molecule has 0 aliphatic carbocycles. The first-order valence-corrected chi connectivity index (χ1v) is 8.85. The van der Waals surface area contributed by atoms with Gasteiger partial charge in [-0.25, -0.2) is 0 Å². The Morgan fingerprint density at radius 1 is 1.12 bits per heavy atom. The number of carbonyl (C=O) groups is 2. The molecule has 0 radical (unpaired) electrons. The molecule has 0 fully saturated rings. The predicted molar refractivity (Wildman–Crippen MR) is 105 cm³/mol. The number of hydrogen-bond donors (Lipinski definition) is 1. The van der Waals surface area contributed by atoms with Crippen molar-refractivity contribution in [2.45, 2.75) is 25.9 Å². The predicted octanol–water partition coefficient (Wildman–Crippen LogP) is 3.60. The largest absolute Gasteiger partial charge is 0.351 e. The van der Waals surface area contributed by atoms with Gasteiger partial charge in [0, 0.05) is 18.1 Å². The van der Waals surface area contributed by atoms with Crippen molar-refractivity contribution in [3.63, 3.8) is 0 Å². The summed E-state index contributed by atoms with van der Waals surface area (Å²) in [6, 6.07) is 16.2. The summed E-state index contributed by atoms with van der Waals surface area (Å²) in [5, 5.41) is 3.39. The molecule has 0 spiro atoms. The van der Waals surface area contributed by atoms with Gasteiger partial charge < -0.3 is 10.2 Å². The number of hydrogen-bond acceptors (Lipinski definition) is 2. The highest BCUT2D eigenvalue weighted by Crippen LogP contribution is 2.15. The van der Waals surface area contributed by atoms with Crippen LogP contribution in [-0.2, 0) is 22.6 Å². The lowest BCUT2D eigenvalue weighted by Crippen LogP contribution is -2.48. The molecule has 0 unspecified atom stereocenters. The van der Waals surface area contributed by atoms with E-state index in [-0.39, 0.29) is 18.2 Å². The SMILES string of the molecule is C=CCNC(=O)[C@H](C)N(Cc1ccc(Cl)cc1)C(=O)Cc1ccccc1. The summed E-state index contributed by atoms with van der Waals surface area (Å²) in [7, 11) is 0. The fourth-order valence-corrected chi connectivity index (χ4v) is 2.69. The second kappa shape index (κ2) is 9.78. The molecule has 0 aromatic heterocycles. The van der Waals surface area contributed by atoms with Gasteiger partial charge in [0.2, 0.25) is 11.8 Å². The highest BCUT2D eigenvalue weighted by atomic mass is 35.5. The van der Waals surface area contributed by atoms with Gasteiger partial charge in [0.25, 0.3) is 0 Å². The molecule has 2 rings (SSSR count). The Bertz CT molecular complexity index is 744. The molecule has 0 aliphatic heterocycles. The summed E-state index contributed by atoms with van der Waals surface area (Å²) in [6.07, 6.45) is 1.85. The normalized spacial score (nSPS) is 11.5. The Morgan fingerprint density at radius 2 is 1.77 bits per heavy atom. The van der Waals surface area contributed by atoms with Gasteiger partial charge in [0.05, 0.1) is 6.42 Å². The molecule has 2 amide bonds. The average molecular weight is 371 g/mol. The van der Waals surface area contributed by atoms with Crippen LogP contribution in [0.4, 0.5) is 0 Å². The number of nitrogens with zero attached hydrogens (tertiary/aromatic N) is 1. The third-order valence-corrected chi connectivity index (χ3v) is 4.30. The lowest BCUT2D eigenvalue weighted by molar-refractivity contribution is -0.140. The Kier molecular flexibility index (Phi) is 7.42.